The zero-order valence-corrected chi connectivity index (χ0v) is 12.8. The average molecular weight is 328 g/mol. The molecule has 19 heavy (non-hydrogen) atoms. The van der Waals surface area contributed by atoms with E-state index in [4.69, 9.17) is 5.11 Å². The van der Waals surface area contributed by atoms with E-state index in [0.717, 1.165) is 10.0 Å². The van der Waals surface area contributed by atoms with E-state index in [1.54, 1.807) is 0 Å². The molecule has 1 unspecified atom stereocenters. The molecule has 0 aliphatic rings. The third-order valence-corrected chi connectivity index (χ3v) is 3.65. The lowest BCUT2D eigenvalue weighted by Gasteiger charge is -2.21. The molecule has 0 aliphatic carbocycles. The second-order valence-corrected chi connectivity index (χ2v) is 6.03. The Labute approximate surface area is 121 Å². The average Bonchev–Trinajstić information content (AvgIpc) is 2.28. The van der Waals surface area contributed by atoms with Crippen LogP contribution >= 0.6 is 15.9 Å². The number of carbonyl (C=O) groups is 2. The number of hydrogen-bond acceptors (Lipinski definition) is 2. The van der Waals surface area contributed by atoms with Gasteiger partial charge in [-0.1, -0.05) is 34.1 Å². The second kappa shape index (κ2) is 6.19. The number of rotatable bonds is 5. The van der Waals surface area contributed by atoms with Crippen molar-refractivity contribution in [3.05, 3.63) is 34.3 Å². The van der Waals surface area contributed by atoms with Crippen LogP contribution in [0.1, 0.15) is 38.8 Å². The van der Waals surface area contributed by atoms with Crippen LogP contribution in [0, 0.1) is 5.41 Å². The van der Waals surface area contributed by atoms with Gasteiger partial charge in [-0.3, -0.25) is 9.59 Å². The molecule has 0 spiro atoms. The summed E-state index contributed by atoms with van der Waals surface area (Å²) < 4.78 is 0.917. The van der Waals surface area contributed by atoms with E-state index < -0.39 is 11.4 Å². The Hall–Kier alpha value is -1.36. The monoisotopic (exact) mass is 327 g/mol. The van der Waals surface area contributed by atoms with Gasteiger partial charge in [0, 0.05) is 10.9 Å². The van der Waals surface area contributed by atoms with Crippen LogP contribution in [0.3, 0.4) is 0 Å². The van der Waals surface area contributed by atoms with Crippen LogP contribution in [0.25, 0.3) is 0 Å². The maximum atomic E-state index is 11.9. The summed E-state index contributed by atoms with van der Waals surface area (Å²) in [5, 5.41) is 11.8. The van der Waals surface area contributed by atoms with Crippen molar-refractivity contribution in [2.45, 2.75) is 33.2 Å². The molecule has 0 aliphatic heterocycles. The van der Waals surface area contributed by atoms with Gasteiger partial charge in [0.2, 0.25) is 5.91 Å². The summed E-state index contributed by atoms with van der Waals surface area (Å²) in [6, 6.07) is 7.43. The Bertz CT molecular complexity index is 485. The van der Waals surface area contributed by atoms with Crippen LogP contribution in [-0.2, 0) is 9.59 Å². The van der Waals surface area contributed by atoms with Crippen molar-refractivity contribution in [2.24, 2.45) is 5.41 Å². The first-order valence-electron chi connectivity index (χ1n) is 6.01. The first-order valence-corrected chi connectivity index (χ1v) is 6.80. The van der Waals surface area contributed by atoms with Crippen LogP contribution in [0.4, 0.5) is 0 Å². The van der Waals surface area contributed by atoms with Crippen LogP contribution in [0.2, 0.25) is 0 Å². The lowest BCUT2D eigenvalue weighted by Crippen LogP contribution is -2.34. The lowest BCUT2D eigenvalue weighted by atomic mass is 9.89. The molecule has 0 aromatic heterocycles. The highest BCUT2D eigenvalue weighted by molar-refractivity contribution is 9.10. The molecule has 0 radical (unpaired) electrons. The number of carboxylic acids is 1. The number of amides is 1. The number of nitrogens with one attached hydrogen (secondary N) is 1. The highest BCUT2D eigenvalue weighted by Crippen LogP contribution is 2.24. The minimum Gasteiger partial charge on any atom is -0.481 e. The summed E-state index contributed by atoms with van der Waals surface area (Å²) in [6.45, 7) is 4.95. The van der Waals surface area contributed by atoms with Crippen molar-refractivity contribution in [3.63, 3.8) is 0 Å². The zero-order valence-electron chi connectivity index (χ0n) is 11.2. The Kier molecular flexibility index (Phi) is 5.11. The van der Waals surface area contributed by atoms with E-state index >= 15 is 0 Å². The Morgan fingerprint density at radius 2 is 1.95 bits per heavy atom. The first kappa shape index (κ1) is 15.7. The number of aliphatic carboxylic acids is 1. The molecule has 0 heterocycles. The smallest absolute Gasteiger partial charge is 0.309 e. The maximum absolute atomic E-state index is 11.9. The van der Waals surface area contributed by atoms with Crippen LogP contribution in [-0.4, -0.2) is 17.0 Å². The molecule has 0 saturated heterocycles. The van der Waals surface area contributed by atoms with E-state index in [1.165, 1.54) is 13.8 Å². The van der Waals surface area contributed by atoms with E-state index in [0.29, 0.717) is 0 Å². The van der Waals surface area contributed by atoms with Crippen LogP contribution in [0.5, 0.6) is 0 Å². The van der Waals surface area contributed by atoms with Crippen molar-refractivity contribution in [2.75, 3.05) is 0 Å². The van der Waals surface area contributed by atoms with Gasteiger partial charge < -0.3 is 10.4 Å². The van der Waals surface area contributed by atoms with Crippen molar-refractivity contribution in [3.8, 4) is 0 Å². The SMILES string of the molecule is CC(NC(=O)CC(C)(C)C(=O)O)c1ccccc1Br. The Morgan fingerprint density at radius 1 is 1.37 bits per heavy atom. The van der Waals surface area contributed by atoms with Gasteiger partial charge in [-0.25, -0.2) is 0 Å². The van der Waals surface area contributed by atoms with Gasteiger partial charge in [-0.15, -0.1) is 0 Å². The largest absolute Gasteiger partial charge is 0.481 e. The maximum Gasteiger partial charge on any atom is 0.309 e. The summed E-state index contributed by atoms with van der Waals surface area (Å²) in [6.07, 6.45) is -0.0445. The fraction of sp³-hybridized carbons (Fsp3) is 0.429. The van der Waals surface area contributed by atoms with Gasteiger partial charge >= 0.3 is 5.97 Å². The topological polar surface area (TPSA) is 66.4 Å². The van der Waals surface area contributed by atoms with Crippen LogP contribution in [0.15, 0.2) is 28.7 Å². The molecule has 104 valence electrons. The van der Waals surface area contributed by atoms with Crippen molar-refractivity contribution in [1.29, 1.82) is 0 Å². The molecule has 1 amide bonds. The van der Waals surface area contributed by atoms with Gasteiger partial charge in [0.15, 0.2) is 0 Å². The molecule has 4 nitrogen and oxygen atoms in total. The zero-order chi connectivity index (χ0) is 14.6. The van der Waals surface area contributed by atoms with Gasteiger partial charge in [0.25, 0.3) is 0 Å². The molecular formula is C14H18BrNO3. The first-order chi connectivity index (χ1) is 8.74. The molecule has 1 aromatic carbocycles. The van der Waals surface area contributed by atoms with Gasteiger partial charge in [0.05, 0.1) is 11.5 Å². The molecule has 1 aromatic rings. The number of hydrogen-bond donors (Lipinski definition) is 2. The third kappa shape index (κ3) is 4.35. The minimum atomic E-state index is -1.06. The lowest BCUT2D eigenvalue weighted by molar-refractivity contribution is -0.149. The van der Waals surface area contributed by atoms with E-state index in [2.05, 4.69) is 21.2 Å². The molecule has 2 N–H and O–H groups in total. The molecule has 5 heteroatoms. The number of benzene rings is 1. The Balaban J connectivity index is 2.68. The number of carboxylic acid groups (broad SMARTS) is 1. The van der Waals surface area contributed by atoms with Crippen molar-refractivity contribution in [1.82, 2.24) is 5.32 Å². The second-order valence-electron chi connectivity index (χ2n) is 5.18. The van der Waals surface area contributed by atoms with E-state index in [9.17, 15) is 9.59 Å². The summed E-state index contributed by atoms with van der Waals surface area (Å²) in [5.74, 6) is -1.24. The molecule has 1 atom stereocenters. The summed E-state index contributed by atoms with van der Waals surface area (Å²) in [5.41, 5.74) is -0.0958. The Morgan fingerprint density at radius 3 is 2.47 bits per heavy atom. The fourth-order valence-corrected chi connectivity index (χ4v) is 2.30. The fourth-order valence-electron chi connectivity index (χ4n) is 1.67. The molecule has 0 saturated carbocycles. The van der Waals surface area contributed by atoms with Crippen molar-refractivity contribution >= 4 is 27.8 Å². The summed E-state index contributed by atoms with van der Waals surface area (Å²) in [7, 11) is 0. The number of halogens is 1. The molecule has 0 bridgehead atoms. The van der Waals surface area contributed by atoms with Crippen molar-refractivity contribution < 1.29 is 14.7 Å². The van der Waals surface area contributed by atoms with Gasteiger partial charge in [0.1, 0.15) is 0 Å². The summed E-state index contributed by atoms with van der Waals surface area (Å²) >= 11 is 3.43. The third-order valence-electron chi connectivity index (χ3n) is 2.93. The predicted octanol–water partition coefficient (Wildman–Crippen LogP) is 3.13. The molecule has 0 fully saturated rings. The van der Waals surface area contributed by atoms with Crippen LogP contribution < -0.4 is 5.32 Å². The molecular weight excluding hydrogens is 310 g/mol. The standard InChI is InChI=1S/C14H18BrNO3/c1-9(10-6-4-5-7-11(10)15)16-12(17)8-14(2,3)13(18)19/h4-7,9H,8H2,1-3H3,(H,16,17)(H,18,19). The quantitative estimate of drug-likeness (QED) is 0.873. The van der Waals surface area contributed by atoms with E-state index in [-0.39, 0.29) is 18.4 Å². The number of carbonyl (C=O) groups excluding carboxylic acids is 1. The highest BCUT2D eigenvalue weighted by atomic mass is 79.9. The molecule has 1 rings (SSSR count). The predicted molar refractivity (Wildman–Crippen MR) is 76.7 cm³/mol. The van der Waals surface area contributed by atoms with E-state index in [1.807, 2.05) is 31.2 Å². The summed E-state index contributed by atoms with van der Waals surface area (Å²) in [4.78, 5) is 22.8. The normalized spacial score (nSPS) is 12.8. The highest BCUT2D eigenvalue weighted by Gasteiger charge is 2.30. The van der Waals surface area contributed by atoms with Gasteiger partial charge in [-0.05, 0) is 32.4 Å². The minimum absolute atomic E-state index is 0.0445. The van der Waals surface area contributed by atoms with Gasteiger partial charge in [-0.2, -0.15) is 0 Å².